The molecule has 14 heavy (non-hydrogen) atoms. The van der Waals surface area contributed by atoms with Crippen LogP contribution in [-0.4, -0.2) is 20.9 Å². The lowest BCUT2D eigenvalue weighted by Crippen LogP contribution is -2.07. The Bertz CT molecular complexity index is 362. The lowest BCUT2D eigenvalue weighted by atomic mass is 10.5. The molecule has 4 nitrogen and oxygen atoms in total. The molecule has 0 spiro atoms. The second kappa shape index (κ2) is 4.41. The van der Waals surface area contributed by atoms with Gasteiger partial charge in [0.25, 0.3) is 0 Å². The van der Waals surface area contributed by atoms with Gasteiger partial charge in [-0.05, 0) is 12.1 Å². The molecular weight excluding hydrogens is 180 g/mol. The van der Waals surface area contributed by atoms with Crippen LogP contribution in [0.1, 0.15) is 23.4 Å². The molecule has 4 heteroatoms. The number of carbonyl (C=O) groups is 2. The Kier molecular flexibility index (Phi) is 3.23. The van der Waals surface area contributed by atoms with Crippen molar-refractivity contribution < 1.29 is 9.59 Å². The normalized spacial score (nSPS) is 9.29. The molecule has 1 aromatic heterocycles. The number of carbonyl (C=O) groups excluding carboxylic acids is 2. The van der Waals surface area contributed by atoms with E-state index in [1.54, 1.807) is 36.9 Å². The van der Waals surface area contributed by atoms with E-state index in [0.717, 1.165) is 0 Å². The lowest BCUT2D eigenvalue weighted by Gasteiger charge is -2.00. The van der Waals surface area contributed by atoms with Crippen molar-refractivity contribution in [3.8, 4) is 0 Å². The summed E-state index contributed by atoms with van der Waals surface area (Å²) in [5.74, 6) is -0.201. The molecule has 1 heterocycles. The molecule has 0 saturated carbocycles. The first kappa shape index (κ1) is 10.2. The molecule has 0 aliphatic heterocycles. The van der Waals surface area contributed by atoms with Crippen LogP contribution < -0.4 is 0 Å². The maximum Gasteiger partial charge on any atom is 0.227 e. The number of aromatic nitrogens is 2. The van der Waals surface area contributed by atoms with Gasteiger partial charge in [0, 0.05) is 38.6 Å². The molecule has 0 bridgehead atoms. The summed E-state index contributed by atoms with van der Waals surface area (Å²) in [4.78, 5) is 22.1. The van der Waals surface area contributed by atoms with Gasteiger partial charge in [-0.3, -0.25) is 18.7 Å². The van der Waals surface area contributed by atoms with Gasteiger partial charge in [0.1, 0.15) is 0 Å². The van der Waals surface area contributed by atoms with Crippen LogP contribution in [0.4, 0.5) is 0 Å². The summed E-state index contributed by atoms with van der Waals surface area (Å²) in [6.07, 6.45) is 6.35. The van der Waals surface area contributed by atoms with E-state index in [0.29, 0.717) is 0 Å². The Balaban J connectivity index is 3.25. The van der Waals surface area contributed by atoms with E-state index in [2.05, 4.69) is 0 Å². The standard InChI is InChI=1S/C10H12N2O2/c1-9(13)11-5-3-4-6-12(8-7-11)10(2)14/h3-8H,1-2H3. The van der Waals surface area contributed by atoms with Gasteiger partial charge in [0.05, 0.1) is 0 Å². The van der Waals surface area contributed by atoms with Crippen LogP contribution in [0.5, 0.6) is 0 Å². The highest BCUT2D eigenvalue weighted by atomic mass is 16.2. The number of hydrogen-bond acceptors (Lipinski definition) is 2. The molecule has 0 N–H and O–H groups in total. The highest BCUT2D eigenvalue weighted by Crippen LogP contribution is 1.88. The van der Waals surface area contributed by atoms with E-state index in [1.807, 2.05) is 0 Å². The Labute approximate surface area is 82.1 Å². The fourth-order valence-electron chi connectivity index (χ4n) is 0.948. The number of nitrogens with zero attached hydrogens (tertiary/aromatic N) is 2. The summed E-state index contributed by atoms with van der Waals surface area (Å²) in [6, 6.07) is 3.39. The second-order valence-corrected chi connectivity index (χ2v) is 2.83. The Hall–Kier alpha value is -1.84. The summed E-state index contributed by atoms with van der Waals surface area (Å²) in [5, 5.41) is 0. The smallest absolute Gasteiger partial charge is 0.227 e. The molecule has 0 unspecified atom stereocenters. The van der Waals surface area contributed by atoms with E-state index < -0.39 is 0 Å². The van der Waals surface area contributed by atoms with E-state index in [9.17, 15) is 9.59 Å². The van der Waals surface area contributed by atoms with Crippen LogP contribution in [-0.2, 0) is 0 Å². The van der Waals surface area contributed by atoms with Gasteiger partial charge < -0.3 is 0 Å². The van der Waals surface area contributed by atoms with Crippen LogP contribution >= 0.6 is 0 Å². The van der Waals surface area contributed by atoms with Crippen molar-refractivity contribution in [1.82, 2.24) is 9.13 Å². The predicted molar refractivity (Wildman–Crippen MR) is 52.7 cm³/mol. The van der Waals surface area contributed by atoms with Crippen LogP contribution in [0, 0.1) is 0 Å². The van der Waals surface area contributed by atoms with Gasteiger partial charge in [-0.2, -0.15) is 0 Å². The van der Waals surface area contributed by atoms with E-state index in [4.69, 9.17) is 0 Å². The quantitative estimate of drug-likeness (QED) is 0.628. The molecule has 74 valence electrons. The zero-order valence-electron chi connectivity index (χ0n) is 8.18. The molecule has 0 amide bonds. The third-order valence-corrected chi connectivity index (χ3v) is 1.72. The average molecular weight is 192 g/mol. The first-order valence-electron chi connectivity index (χ1n) is 4.22. The zero-order chi connectivity index (χ0) is 10.6. The Morgan fingerprint density at radius 2 is 1.14 bits per heavy atom. The van der Waals surface area contributed by atoms with Crippen molar-refractivity contribution in [2.75, 3.05) is 0 Å². The highest BCUT2D eigenvalue weighted by Gasteiger charge is 1.92. The number of rotatable bonds is 0. The maximum absolute atomic E-state index is 11.0. The summed E-state index contributed by atoms with van der Waals surface area (Å²) in [5.41, 5.74) is 0. The predicted octanol–water partition coefficient (Wildman–Crippen LogP) is 1.73. The van der Waals surface area contributed by atoms with E-state index in [1.165, 1.54) is 23.0 Å². The Morgan fingerprint density at radius 1 is 0.786 bits per heavy atom. The topological polar surface area (TPSA) is 44.0 Å². The van der Waals surface area contributed by atoms with Gasteiger partial charge in [0.2, 0.25) is 11.8 Å². The van der Waals surface area contributed by atoms with Crippen molar-refractivity contribution in [2.24, 2.45) is 0 Å². The minimum absolute atomic E-state index is 0.101. The minimum Gasteiger partial charge on any atom is -0.293 e. The second-order valence-electron chi connectivity index (χ2n) is 2.83. The summed E-state index contributed by atoms with van der Waals surface area (Å²) < 4.78 is 2.80. The highest BCUT2D eigenvalue weighted by molar-refractivity contribution is 5.77. The summed E-state index contributed by atoms with van der Waals surface area (Å²) >= 11 is 0. The van der Waals surface area contributed by atoms with Crippen LogP contribution in [0.3, 0.4) is 0 Å². The first-order chi connectivity index (χ1) is 6.61. The van der Waals surface area contributed by atoms with Gasteiger partial charge in [-0.1, -0.05) is 0 Å². The van der Waals surface area contributed by atoms with Gasteiger partial charge in [-0.15, -0.1) is 0 Å². The number of hydrogen-bond donors (Lipinski definition) is 0. The van der Waals surface area contributed by atoms with Crippen molar-refractivity contribution >= 4 is 11.8 Å². The molecule has 0 radical (unpaired) electrons. The average Bonchev–Trinajstić information content (AvgIpc) is 2.01. The molecule has 1 aromatic rings. The summed E-state index contributed by atoms with van der Waals surface area (Å²) in [6.45, 7) is 2.91. The first-order valence-corrected chi connectivity index (χ1v) is 4.22. The van der Waals surface area contributed by atoms with Crippen LogP contribution in [0.25, 0.3) is 0 Å². The third-order valence-electron chi connectivity index (χ3n) is 1.72. The molecular formula is C10H12N2O2. The van der Waals surface area contributed by atoms with Gasteiger partial charge in [0.15, 0.2) is 0 Å². The van der Waals surface area contributed by atoms with Crippen molar-refractivity contribution in [2.45, 2.75) is 13.8 Å². The maximum atomic E-state index is 11.0. The molecule has 0 aliphatic carbocycles. The van der Waals surface area contributed by atoms with Crippen LogP contribution in [0.15, 0.2) is 36.9 Å². The molecule has 0 atom stereocenters. The zero-order valence-corrected chi connectivity index (χ0v) is 8.18. The molecule has 0 aliphatic rings. The molecule has 0 aromatic carbocycles. The van der Waals surface area contributed by atoms with Crippen molar-refractivity contribution in [1.29, 1.82) is 0 Å². The molecule has 0 fully saturated rings. The SMILES string of the molecule is CC(=O)n1ccccn(C(C)=O)cc1. The lowest BCUT2D eigenvalue weighted by molar-refractivity contribution is 0.0920. The fraction of sp³-hybridized carbons (Fsp3) is 0.200. The largest absolute Gasteiger partial charge is 0.293 e. The van der Waals surface area contributed by atoms with Crippen molar-refractivity contribution in [3.63, 3.8) is 0 Å². The third kappa shape index (κ3) is 2.58. The van der Waals surface area contributed by atoms with E-state index in [-0.39, 0.29) is 11.8 Å². The van der Waals surface area contributed by atoms with Crippen molar-refractivity contribution in [3.05, 3.63) is 36.9 Å². The summed E-state index contributed by atoms with van der Waals surface area (Å²) in [7, 11) is 0. The fourth-order valence-corrected chi connectivity index (χ4v) is 0.948. The molecule has 0 saturated heterocycles. The minimum atomic E-state index is -0.101. The van der Waals surface area contributed by atoms with Crippen LogP contribution in [0.2, 0.25) is 0 Å². The van der Waals surface area contributed by atoms with Gasteiger partial charge >= 0.3 is 0 Å². The van der Waals surface area contributed by atoms with Gasteiger partial charge in [-0.25, -0.2) is 0 Å². The van der Waals surface area contributed by atoms with E-state index >= 15 is 0 Å². The Morgan fingerprint density at radius 3 is 1.43 bits per heavy atom. The molecule has 1 rings (SSSR count). The monoisotopic (exact) mass is 192 g/mol.